The van der Waals surface area contributed by atoms with Gasteiger partial charge in [-0.3, -0.25) is 0 Å². The van der Waals surface area contributed by atoms with Gasteiger partial charge in [0.15, 0.2) is 0 Å². The Balaban J connectivity index is 1.94. The molecule has 1 aliphatic carbocycles. The Morgan fingerprint density at radius 2 is 2.08 bits per heavy atom. The van der Waals surface area contributed by atoms with E-state index in [4.69, 9.17) is 5.73 Å². The molecule has 1 saturated carbocycles. The van der Waals surface area contributed by atoms with Crippen LogP contribution in [0.2, 0.25) is 0 Å². The van der Waals surface area contributed by atoms with Crippen LogP contribution < -0.4 is 5.73 Å². The first kappa shape index (κ1) is 10.4. The lowest BCUT2D eigenvalue weighted by molar-refractivity contribution is 0.208. The summed E-state index contributed by atoms with van der Waals surface area (Å²) in [5.41, 5.74) is 5.30. The molecule has 0 bridgehead atoms. The van der Waals surface area contributed by atoms with Gasteiger partial charge in [0, 0.05) is 12.3 Å². The van der Waals surface area contributed by atoms with Gasteiger partial charge in [-0.25, -0.2) is 0 Å². The van der Waals surface area contributed by atoms with Crippen LogP contribution in [-0.4, -0.2) is 29.3 Å². The topological polar surface area (TPSA) is 46.2 Å². The third kappa shape index (κ3) is 3.78. The molecule has 0 amide bonds. The molecular weight excluding hydrogens is 170 g/mol. The van der Waals surface area contributed by atoms with Gasteiger partial charge in [0.2, 0.25) is 0 Å². The molecule has 0 heterocycles. The molecule has 1 unspecified atom stereocenters. The molecule has 3 heteroatoms. The summed E-state index contributed by atoms with van der Waals surface area (Å²) < 4.78 is 0. The fourth-order valence-electron chi connectivity index (χ4n) is 1.62. The van der Waals surface area contributed by atoms with Crippen molar-refractivity contribution >= 4 is 11.8 Å². The highest BCUT2D eigenvalue weighted by atomic mass is 32.2. The van der Waals surface area contributed by atoms with Gasteiger partial charge in [0.25, 0.3) is 0 Å². The second-order valence-electron chi connectivity index (χ2n) is 3.58. The van der Waals surface area contributed by atoms with E-state index in [0.717, 1.165) is 11.7 Å². The maximum atomic E-state index is 9.19. The fourth-order valence-corrected chi connectivity index (χ4v) is 2.83. The van der Waals surface area contributed by atoms with Crippen molar-refractivity contribution in [3.05, 3.63) is 0 Å². The summed E-state index contributed by atoms with van der Waals surface area (Å²) >= 11 is 1.85. The van der Waals surface area contributed by atoms with Gasteiger partial charge in [-0.15, -0.1) is 0 Å². The number of hydrogen-bond donors (Lipinski definition) is 2. The highest BCUT2D eigenvalue weighted by Gasteiger charge is 2.14. The van der Waals surface area contributed by atoms with Gasteiger partial charge in [0.1, 0.15) is 0 Å². The van der Waals surface area contributed by atoms with E-state index in [9.17, 15) is 5.11 Å². The Morgan fingerprint density at radius 3 is 2.67 bits per heavy atom. The Hall–Kier alpha value is 0.270. The van der Waals surface area contributed by atoms with E-state index in [2.05, 4.69) is 0 Å². The average molecular weight is 189 g/mol. The highest BCUT2D eigenvalue weighted by Crippen LogP contribution is 2.27. The Labute approximate surface area is 78.9 Å². The molecule has 12 heavy (non-hydrogen) atoms. The summed E-state index contributed by atoms with van der Waals surface area (Å²) in [5.74, 6) is 2.95. The van der Waals surface area contributed by atoms with Crippen LogP contribution in [0.15, 0.2) is 0 Å². The molecule has 0 spiro atoms. The van der Waals surface area contributed by atoms with Crippen molar-refractivity contribution in [2.75, 3.05) is 18.1 Å². The zero-order chi connectivity index (χ0) is 8.81. The number of nitrogens with two attached hydrogens (primary N) is 1. The third-order valence-electron chi connectivity index (χ3n) is 2.41. The van der Waals surface area contributed by atoms with E-state index >= 15 is 0 Å². The van der Waals surface area contributed by atoms with Gasteiger partial charge in [0.05, 0.1) is 6.10 Å². The van der Waals surface area contributed by atoms with Crippen LogP contribution in [-0.2, 0) is 0 Å². The van der Waals surface area contributed by atoms with Crippen molar-refractivity contribution in [3.63, 3.8) is 0 Å². The molecule has 1 aliphatic rings. The molecule has 0 aliphatic heterocycles. The molecule has 0 aromatic carbocycles. The lowest BCUT2D eigenvalue weighted by atomic mass is 10.1. The van der Waals surface area contributed by atoms with Crippen molar-refractivity contribution in [2.45, 2.75) is 31.8 Å². The maximum Gasteiger partial charge on any atom is 0.0752 e. The maximum absolute atomic E-state index is 9.19. The van der Waals surface area contributed by atoms with Gasteiger partial charge in [-0.05, 0) is 24.5 Å². The minimum Gasteiger partial charge on any atom is -0.391 e. The Morgan fingerprint density at radius 1 is 1.42 bits per heavy atom. The number of aliphatic hydroxyl groups is 1. The van der Waals surface area contributed by atoms with Crippen LogP contribution >= 0.6 is 11.8 Å². The molecule has 1 atom stereocenters. The minimum atomic E-state index is -0.295. The first-order valence-electron chi connectivity index (χ1n) is 4.79. The predicted octanol–water partition coefficient (Wildman–Crippen LogP) is 1.23. The summed E-state index contributed by atoms with van der Waals surface area (Å²) in [5, 5.41) is 9.19. The van der Waals surface area contributed by atoms with Crippen LogP contribution in [0.25, 0.3) is 0 Å². The van der Waals surface area contributed by atoms with Gasteiger partial charge < -0.3 is 10.8 Å². The summed E-state index contributed by atoms with van der Waals surface area (Å²) in [7, 11) is 0. The van der Waals surface area contributed by atoms with Crippen LogP contribution in [0.5, 0.6) is 0 Å². The molecule has 72 valence electrons. The second-order valence-corrected chi connectivity index (χ2v) is 4.65. The van der Waals surface area contributed by atoms with Crippen LogP contribution in [0.1, 0.15) is 25.7 Å². The zero-order valence-corrected chi connectivity index (χ0v) is 8.35. The van der Waals surface area contributed by atoms with Crippen molar-refractivity contribution in [1.82, 2.24) is 0 Å². The van der Waals surface area contributed by atoms with Gasteiger partial charge in [-0.2, -0.15) is 11.8 Å². The number of rotatable bonds is 5. The van der Waals surface area contributed by atoms with E-state index in [1.165, 1.54) is 31.4 Å². The molecule has 0 aromatic heterocycles. The number of hydrogen-bond acceptors (Lipinski definition) is 3. The van der Waals surface area contributed by atoms with Crippen LogP contribution in [0.4, 0.5) is 0 Å². The van der Waals surface area contributed by atoms with E-state index in [1.54, 1.807) is 0 Å². The monoisotopic (exact) mass is 189 g/mol. The van der Waals surface area contributed by atoms with E-state index in [0.29, 0.717) is 6.54 Å². The summed E-state index contributed by atoms with van der Waals surface area (Å²) in [6.45, 7) is 0.400. The first-order valence-corrected chi connectivity index (χ1v) is 5.94. The number of thioether (sulfide) groups is 1. The van der Waals surface area contributed by atoms with Crippen molar-refractivity contribution < 1.29 is 5.11 Å². The van der Waals surface area contributed by atoms with Crippen LogP contribution in [0.3, 0.4) is 0 Å². The molecule has 3 N–H and O–H groups in total. The molecular formula is C9H19NOS. The summed E-state index contributed by atoms with van der Waals surface area (Å²) in [6.07, 6.45) is 5.31. The molecule has 0 saturated heterocycles. The smallest absolute Gasteiger partial charge is 0.0752 e. The number of aliphatic hydroxyl groups excluding tert-OH is 1. The quantitative estimate of drug-likeness (QED) is 0.684. The first-order chi connectivity index (χ1) is 5.83. The second kappa shape index (κ2) is 5.84. The minimum absolute atomic E-state index is 0.295. The average Bonchev–Trinajstić information content (AvgIpc) is 2.57. The zero-order valence-electron chi connectivity index (χ0n) is 7.54. The van der Waals surface area contributed by atoms with Crippen molar-refractivity contribution in [1.29, 1.82) is 0 Å². The standard InChI is InChI=1S/C9H19NOS/c10-5-9(11)7-12-6-8-3-1-2-4-8/h8-9,11H,1-7,10H2. The largest absolute Gasteiger partial charge is 0.391 e. The molecule has 0 radical (unpaired) electrons. The lowest BCUT2D eigenvalue weighted by Crippen LogP contribution is -2.22. The molecule has 1 fully saturated rings. The van der Waals surface area contributed by atoms with Crippen molar-refractivity contribution in [3.8, 4) is 0 Å². The summed E-state index contributed by atoms with van der Waals surface area (Å²) in [6, 6.07) is 0. The van der Waals surface area contributed by atoms with Gasteiger partial charge in [-0.1, -0.05) is 12.8 Å². The fraction of sp³-hybridized carbons (Fsp3) is 1.00. The van der Waals surface area contributed by atoms with Gasteiger partial charge >= 0.3 is 0 Å². The predicted molar refractivity (Wildman–Crippen MR) is 54.3 cm³/mol. The SMILES string of the molecule is NCC(O)CSCC1CCCC1. The van der Waals surface area contributed by atoms with Crippen LogP contribution in [0, 0.1) is 5.92 Å². The molecule has 2 nitrogen and oxygen atoms in total. The normalized spacial score (nSPS) is 21.5. The Kier molecular flexibility index (Phi) is 5.04. The van der Waals surface area contributed by atoms with E-state index in [-0.39, 0.29) is 6.10 Å². The Bertz CT molecular complexity index is 115. The van der Waals surface area contributed by atoms with E-state index < -0.39 is 0 Å². The van der Waals surface area contributed by atoms with Crippen molar-refractivity contribution in [2.24, 2.45) is 11.7 Å². The summed E-state index contributed by atoms with van der Waals surface area (Å²) in [4.78, 5) is 0. The van der Waals surface area contributed by atoms with E-state index in [1.807, 2.05) is 11.8 Å². The molecule has 1 rings (SSSR count). The lowest BCUT2D eigenvalue weighted by Gasteiger charge is -2.10. The molecule has 0 aromatic rings. The third-order valence-corrected chi connectivity index (χ3v) is 3.74. The highest BCUT2D eigenvalue weighted by molar-refractivity contribution is 7.99.